The summed E-state index contributed by atoms with van der Waals surface area (Å²) in [5, 5.41) is 0. The van der Waals surface area contributed by atoms with Crippen molar-refractivity contribution in [1.82, 2.24) is 0 Å². The monoisotopic (exact) mass is 124 g/mol. The molecular formula is C7H9P. The molecule has 0 radical (unpaired) electrons. The standard InChI is InChI=1S/C7H9P/c1-8-6-4-2-3-5-7-8/h2-7H,1H3. The molecule has 0 saturated heterocycles. The molecule has 0 aromatic heterocycles. The minimum Gasteiger partial charge on any atom is -0.0629 e. The number of hydrogen-bond donors (Lipinski definition) is 0. The predicted molar refractivity (Wildman–Crippen MR) is 40.3 cm³/mol. The Labute approximate surface area is 51.4 Å². The minimum atomic E-state index is 0.0581. The lowest BCUT2D eigenvalue weighted by Crippen LogP contribution is -1.50. The molecule has 0 aromatic rings. The van der Waals surface area contributed by atoms with Gasteiger partial charge in [-0.2, -0.15) is 0 Å². The fourth-order valence-corrected chi connectivity index (χ4v) is 1.39. The quantitative estimate of drug-likeness (QED) is 0.435. The van der Waals surface area contributed by atoms with Crippen LogP contribution in [0.25, 0.3) is 0 Å². The van der Waals surface area contributed by atoms with Crippen molar-refractivity contribution in [2.24, 2.45) is 0 Å². The summed E-state index contributed by atoms with van der Waals surface area (Å²) in [5.74, 6) is 4.46. The second kappa shape index (κ2) is 2.84. The molecular weight excluding hydrogens is 115 g/mol. The number of rotatable bonds is 0. The van der Waals surface area contributed by atoms with E-state index in [1.54, 1.807) is 0 Å². The van der Waals surface area contributed by atoms with Crippen molar-refractivity contribution in [2.45, 2.75) is 0 Å². The molecule has 0 atom stereocenters. The Morgan fingerprint density at radius 2 is 1.38 bits per heavy atom. The molecule has 0 N–H and O–H groups in total. The van der Waals surface area contributed by atoms with E-state index in [1.807, 2.05) is 0 Å². The van der Waals surface area contributed by atoms with Crippen LogP contribution in [-0.2, 0) is 0 Å². The molecule has 0 bridgehead atoms. The van der Waals surface area contributed by atoms with Gasteiger partial charge in [-0.3, -0.25) is 0 Å². The summed E-state index contributed by atoms with van der Waals surface area (Å²) in [4.78, 5) is 0. The number of hydrogen-bond acceptors (Lipinski definition) is 0. The van der Waals surface area contributed by atoms with Gasteiger partial charge < -0.3 is 0 Å². The van der Waals surface area contributed by atoms with Crippen LogP contribution in [0.3, 0.4) is 0 Å². The van der Waals surface area contributed by atoms with E-state index in [-0.39, 0.29) is 7.92 Å². The van der Waals surface area contributed by atoms with Crippen LogP contribution < -0.4 is 0 Å². The Hall–Kier alpha value is -0.350. The fourth-order valence-electron chi connectivity index (χ4n) is 0.549. The Morgan fingerprint density at radius 1 is 0.875 bits per heavy atom. The van der Waals surface area contributed by atoms with Crippen molar-refractivity contribution in [3.05, 3.63) is 35.9 Å². The Kier molecular flexibility index (Phi) is 2.05. The molecule has 0 aliphatic carbocycles. The summed E-state index contributed by atoms with van der Waals surface area (Å²) in [6.07, 6.45) is 8.32. The molecule has 0 fully saturated rings. The summed E-state index contributed by atoms with van der Waals surface area (Å²) in [6.45, 7) is 2.23. The van der Waals surface area contributed by atoms with E-state index in [1.165, 1.54) is 0 Å². The molecule has 1 aliphatic heterocycles. The second-order valence-electron chi connectivity index (χ2n) is 1.73. The summed E-state index contributed by atoms with van der Waals surface area (Å²) in [5.41, 5.74) is 0. The molecule has 0 spiro atoms. The Bertz CT molecular complexity index is 126. The van der Waals surface area contributed by atoms with Crippen LogP contribution in [0.15, 0.2) is 35.9 Å². The second-order valence-corrected chi connectivity index (χ2v) is 3.66. The van der Waals surface area contributed by atoms with Gasteiger partial charge in [-0.1, -0.05) is 43.9 Å². The highest BCUT2D eigenvalue weighted by Gasteiger charge is 1.85. The van der Waals surface area contributed by atoms with Crippen LogP contribution in [0.5, 0.6) is 0 Å². The maximum absolute atomic E-state index is 2.23. The molecule has 1 aliphatic rings. The van der Waals surface area contributed by atoms with E-state index in [0.717, 1.165) is 0 Å². The lowest BCUT2D eigenvalue weighted by molar-refractivity contribution is 1.98. The smallest absolute Gasteiger partial charge is 0.0375 e. The van der Waals surface area contributed by atoms with Crippen LogP contribution in [-0.4, -0.2) is 6.66 Å². The topological polar surface area (TPSA) is 0 Å². The Balaban J connectivity index is 2.66. The largest absolute Gasteiger partial charge is 0.0629 e. The van der Waals surface area contributed by atoms with Crippen LogP contribution in [0, 0.1) is 0 Å². The van der Waals surface area contributed by atoms with Gasteiger partial charge in [-0.25, -0.2) is 0 Å². The summed E-state index contributed by atoms with van der Waals surface area (Å²) < 4.78 is 0. The molecule has 0 aromatic carbocycles. The first-order chi connectivity index (χ1) is 3.89. The van der Waals surface area contributed by atoms with Crippen molar-refractivity contribution in [3.63, 3.8) is 0 Å². The minimum absolute atomic E-state index is 0.0581. The van der Waals surface area contributed by atoms with Crippen LogP contribution in [0.4, 0.5) is 0 Å². The average Bonchev–Trinajstić information content (AvgIpc) is 1.94. The van der Waals surface area contributed by atoms with Crippen molar-refractivity contribution >= 4 is 7.92 Å². The Morgan fingerprint density at radius 3 is 1.88 bits per heavy atom. The van der Waals surface area contributed by atoms with Gasteiger partial charge in [0.25, 0.3) is 0 Å². The molecule has 1 heterocycles. The first-order valence-corrected chi connectivity index (χ1v) is 4.56. The lowest BCUT2D eigenvalue weighted by atomic mass is 10.5. The van der Waals surface area contributed by atoms with Gasteiger partial charge in [0, 0.05) is 0 Å². The predicted octanol–water partition coefficient (Wildman–Crippen LogP) is 2.70. The molecule has 1 heteroatoms. The normalized spacial score (nSPS) is 19.1. The zero-order valence-electron chi connectivity index (χ0n) is 4.91. The molecule has 0 amide bonds. The highest BCUT2D eigenvalue weighted by Crippen LogP contribution is 2.34. The fraction of sp³-hybridized carbons (Fsp3) is 0.143. The highest BCUT2D eigenvalue weighted by atomic mass is 31.1. The van der Waals surface area contributed by atoms with E-state index in [0.29, 0.717) is 0 Å². The third-order valence-corrected chi connectivity index (χ3v) is 2.26. The first-order valence-electron chi connectivity index (χ1n) is 2.63. The lowest BCUT2D eigenvalue weighted by Gasteiger charge is -1.91. The van der Waals surface area contributed by atoms with Gasteiger partial charge in [0.2, 0.25) is 0 Å². The van der Waals surface area contributed by atoms with Crippen molar-refractivity contribution in [2.75, 3.05) is 6.66 Å². The van der Waals surface area contributed by atoms with E-state index in [9.17, 15) is 0 Å². The SMILES string of the molecule is CP1C=CC=CC=C1. The molecule has 42 valence electrons. The van der Waals surface area contributed by atoms with Crippen molar-refractivity contribution in [3.8, 4) is 0 Å². The van der Waals surface area contributed by atoms with Gasteiger partial charge in [-0.05, 0) is 6.66 Å². The maximum atomic E-state index is 2.23. The van der Waals surface area contributed by atoms with Gasteiger partial charge in [0.1, 0.15) is 0 Å². The van der Waals surface area contributed by atoms with Crippen LogP contribution >= 0.6 is 7.92 Å². The first kappa shape index (κ1) is 5.78. The summed E-state index contributed by atoms with van der Waals surface area (Å²) in [6, 6.07) is 0. The average molecular weight is 124 g/mol. The van der Waals surface area contributed by atoms with E-state index < -0.39 is 0 Å². The van der Waals surface area contributed by atoms with E-state index in [4.69, 9.17) is 0 Å². The van der Waals surface area contributed by atoms with Gasteiger partial charge in [0.15, 0.2) is 0 Å². The van der Waals surface area contributed by atoms with Gasteiger partial charge in [0.05, 0.1) is 0 Å². The molecule has 0 unspecified atom stereocenters. The molecule has 0 saturated carbocycles. The van der Waals surface area contributed by atoms with Crippen molar-refractivity contribution in [1.29, 1.82) is 0 Å². The maximum Gasteiger partial charge on any atom is -0.0375 e. The van der Waals surface area contributed by atoms with Crippen LogP contribution in [0.2, 0.25) is 0 Å². The zero-order chi connectivity index (χ0) is 5.82. The zero-order valence-corrected chi connectivity index (χ0v) is 5.81. The van der Waals surface area contributed by atoms with E-state index in [2.05, 4.69) is 42.6 Å². The van der Waals surface area contributed by atoms with E-state index >= 15 is 0 Å². The van der Waals surface area contributed by atoms with Gasteiger partial charge >= 0.3 is 0 Å². The third-order valence-electron chi connectivity index (χ3n) is 0.976. The summed E-state index contributed by atoms with van der Waals surface area (Å²) in [7, 11) is 0.0581. The molecule has 8 heavy (non-hydrogen) atoms. The van der Waals surface area contributed by atoms with Crippen molar-refractivity contribution < 1.29 is 0 Å². The number of allylic oxidation sites excluding steroid dienone is 4. The van der Waals surface area contributed by atoms with Gasteiger partial charge in [-0.15, -0.1) is 0 Å². The third kappa shape index (κ3) is 1.63. The molecule has 1 rings (SSSR count). The summed E-state index contributed by atoms with van der Waals surface area (Å²) >= 11 is 0. The van der Waals surface area contributed by atoms with Crippen LogP contribution in [0.1, 0.15) is 0 Å². The molecule has 0 nitrogen and oxygen atoms in total. The highest BCUT2D eigenvalue weighted by molar-refractivity contribution is 7.63.